The number of carbonyl (C=O) groups excluding carboxylic acids is 2. The van der Waals surface area contributed by atoms with Crippen molar-refractivity contribution in [2.24, 2.45) is 0 Å². The summed E-state index contributed by atoms with van der Waals surface area (Å²) in [5, 5.41) is 7.50. The number of anilines is 1. The summed E-state index contributed by atoms with van der Waals surface area (Å²) in [4.78, 5) is 28.2. The SMILES string of the molecule is COCCNC(=O)CN1C(=O)CS[C@H](c2ccc(F)cc2)c2c(-c3ccccc3)nn(-c3ccc(OC)cc3)c21. The molecule has 0 aliphatic carbocycles. The van der Waals surface area contributed by atoms with Crippen molar-refractivity contribution in [2.75, 3.05) is 44.6 Å². The van der Waals surface area contributed by atoms with E-state index in [1.807, 2.05) is 54.6 Å². The van der Waals surface area contributed by atoms with Crippen LogP contribution in [0.1, 0.15) is 16.4 Å². The fourth-order valence-corrected chi connectivity index (χ4v) is 5.82. The lowest BCUT2D eigenvalue weighted by molar-refractivity contribution is -0.123. The second kappa shape index (κ2) is 12.4. The van der Waals surface area contributed by atoms with Gasteiger partial charge >= 0.3 is 0 Å². The molecule has 4 aromatic rings. The number of carbonyl (C=O) groups is 2. The number of amides is 2. The van der Waals surface area contributed by atoms with Crippen LogP contribution in [0.4, 0.5) is 10.2 Å². The first-order valence-electron chi connectivity index (χ1n) is 12.8. The molecule has 5 rings (SSSR count). The molecule has 1 aliphatic heterocycles. The highest BCUT2D eigenvalue weighted by Crippen LogP contribution is 2.48. The van der Waals surface area contributed by atoms with Crippen LogP contribution < -0.4 is 15.0 Å². The number of ether oxygens (including phenoxy) is 2. The van der Waals surface area contributed by atoms with Gasteiger partial charge in [0.25, 0.3) is 0 Å². The molecule has 1 N–H and O–H groups in total. The first-order valence-corrected chi connectivity index (χ1v) is 13.8. The van der Waals surface area contributed by atoms with Crippen LogP contribution in [0.25, 0.3) is 16.9 Å². The lowest BCUT2D eigenvalue weighted by atomic mass is 9.99. The smallest absolute Gasteiger partial charge is 0.240 e. The summed E-state index contributed by atoms with van der Waals surface area (Å²) >= 11 is 1.43. The minimum absolute atomic E-state index is 0.124. The zero-order valence-electron chi connectivity index (χ0n) is 22.2. The van der Waals surface area contributed by atoms with Crippen molar-refractivity contribution < 1.29 is 23.5 Å². The Balaban J connectivity index is 1.74. The number of rotatable bonds is 9. The van der Waals surface area contributed by atoms with Crippen molar-refractivity contribution in [3.63, 3.8) is 0 Å². The maximum Gasteiger partial charge on any atom is 0.240 e. The second-order valence-corrected chi connectivity index (χ2v) is 10.2. The molecule has 0 saturated carbocycles. The highest BCUT2D eigenvalue weighted by molar-refractivity contribution is 8.00. The van der Waals surface area contributed by atoms with Crippen LogP contribution in [0.2, 0.25) is 0 Å². The van der Waals surface area contributed by atoms with E-state index in [1.54, 1.807) is 31.0 Å². The van der Waals surface area contributed by atoms with Gasteiger partial charge in [-0.05, 0) is 42.0 Å². The molecule has 0 unspecified atom stereocenters. The van der Waals surface area contributed by atoms with Crippen molar-refractivity contribution in [2.45, 2.75) is 5.25 Å². The fourth-order valence-electron chi connectivity index (χ4n) is 4.62. The quantitative estimate of drug-likeness (QED) is 0.301. The minimum Gasteiger partial charge on any atom is -0.497 e. The Hall–Kier alpha value is -4.15. The predicted molar refractivity (Wildman–Crippen MR) is 153 cm³/mol. The van der Waals surface area contributed by atoms with Gasteiger partial charge in [-0.1, -0.05) is 42.5 Å². The third kappa shape index (κ3) is 5.73. The third-order valence-electron chi connectivity index (χ3n) is 6.56. The van der Waals surface area contributed by atoms with E-state index in [9.17, 15) is 14.0 Å². The third-order valence-corrected chi connectivity index (χ3v) is 7.81. The average molecular weight is 561 g/mol. The molecule has 0 bridgehead atoms. The van der Waals surface area contributed by atoms with Crippen LogP contribution in [0.5, 0.6) is 5.75 Å². The van der Waals surface area contributed by atoms with E-state index < -0.39 is 0 Å². The number of hydrogen-bond acceptors (Lipinski definition) is 6. The van der Waals surface area contributed by atoms with E-state index in [2.05, 4.69) is 5.32 Å². The van der Waals surface area contributed by atoms with Crippen LogP contribution in [0.15, 0.2) is 78.9 Å². The molecule has 206 valence electrons. The van der Waals surface area contributed by atoms with Crippen LogP contribution >= 0.6 is 11.8 Å². The molecule has 0 saturated heterocycles. The van der Waals surface area contributed by atoms with Crippen LogP contribution in [0.3, 0.4) is 0 Å². The van der Waals surface area contributed by atoms with Crippen LogP contribution in [-0.2, 0) is 14.3 Å². The van der Waals surface area contributed by atoms with Crippen molar-refractivity contribution in [1.82, 2.24) is 15.1 Å². The van der Waals surface area contributed by atoms with Crippen molar-refractivity contribution >= 4 is 29.4 Å². The number of methoxy groups -OCH3 is 2. The van der Waals surface area contributed by atoms with Gasteiger partial charge in [0.15, 0.2) is 0 Å². The Bertz CT molecular complexity index is 1480. The summed E-state index contributed by atoms with van der Waals surface area (Å²) in [6, 6.07) is 23.3. The molecule has 0 radical (unpaired) electrons. The standard InChI is InChI=1S/C30H29FN4O4S/c1-38-17-16-32-25(36)18-34-26(37)19-40-29(21-8-10-22(31)11-9-21)27-28(20-6-4-3-5-7-20)33-35(30(27)34)23-12-14-24(39-2)15-13-23/h3-15,29H,16-19H2,1-2H3,(H,32,36)/t29-/m1/s1. The Morgan fingerprint density at radius 2 is 1.77 bits per heavy atom. The maximum atomic E-state index is 13.9. The molecule has 8 nitrogen and oxygen atoms in total. The summed E-state index contributed by atoms with van der Waals surface area (Å²) in [5.74, 6) is 0.409. The van der Waals surface area contributed by atoms with Crippen molar-refractivity contribution in [3.8, 4) is 22.7 Å². The van der Waals surface area contributed by atoms with Gasteiger partial charge in [0.1, 0.15) is 23.9 Å². The Morgan fingerprint density at radius 1 is 1.05 bits per heavy atom. The van der Waals surface area contributed by atoms with E-state index in [0.717, 1.165) is 16.7 Å². The normalized spacial score (nSPS) is 14.9. The number of nitrogens with one attached hydrogen (secondary N) is 1. The van der Waals surface area contributed by atoms with Crippen molar-refractivity contribution in [1.29, 1.82) is 0 Å². The molecule has 2 amide bonds. The number of aromatic nitrogens is 2. The monoisotopic (exact) mass is 560 g/mol. The van der Waals surface area contributed by atoms with Gasteiger partial charge in [0.2, 0.25) is 11.8 Å². The van der Waals surface area contributed by atoms with Gasteiger partial charge in [-0.3, -0.25) is 14.5 Å². The minimum atomic E-state index is -0.344. The van der Waals surface area contributed by atoms with E-state index >= 15 is 0 Å². The lowest BCUT2D eigenvalue weighted by Crippen LogP contribution is -2.43. The molecular formula is C30H29FN4O4S. The highest BCUT2D eigenvalue weighted by Gasteiger charge is 2.37. The van der Waals surface area contributed by atoms with E-state index in [1.165, 1.54) is 28.8 Å². The molecule has 1 aromatic heterocycles. The molecule has 1 atom stereocenters. The second-order valence-electron chi connectivity index (χ2n) is 9.13. The molecular weight excluding hydrogens is 531 g/mol. The molecule has 10 heteroatoms. The first kappa shape index (κ1) is 27.4. The molecule has 1 aliphatic rings. The van der Waals surface area contributed by atoms with E-state index in [-0.39, 0.29) is 35.2 Å². The van der Waals surface area contributed by atoms with Crippen LogP contribution in [0, 0.1) is 5.82 Å². The number of benzene rings is 3. The summed E-state index contributed by atoms with van der Waals surface area (Å²) in [6.45, 7) is 0.488. The molecule has 3 aromatic carbocycles. The van der Waals surface area contributed by atoms with E-state index in [4.69, 9.17) is 14.6 Å². The zero-order chi connectivity index (χ0) is 28.1. The lowest BCUT2D eigenvalue weighted by Gasteiger charge is -2.23. The largest absolute Gasteiger partial charge is 0.497 e. The van der Waals surface area contributed by atoms with E-state index in [0.29, 0.717) is 36.1 Å². The number of nitrogens with zero attached hydrogens (tertiary/aromatic N) is 3. The maximum absolute atomic E-state index is 13.9. The fraction of sp³-hybridized carbons (Fsp3) is 0.233. The van der Waals surface area contributed by atoms with Gasteiger partial charge < -0.3 is 14.8 Å². The van der Waals surface area contributed by atoms with Gasteiger partial charge in [0.05, 0.1) is 36.1 Å². The molecule has 40 heavy (non-hydrogen) atoms. The van der Waals surface area contributed by atoms with Gasteiger partial charge in [0, 0.05) is 24.8 Å². The highest BCUT2D eigenvalue weighted by atomic mass is 32.2. The summed E-state index contributed by atoms with van der Waals surface area (Å²) < 4.78 is 26.0. The Morgan fingerprint density at radius 3 is 2.45 bits per heavy atom. The Kier molecular flexibility index (Phi) is 8.47. The topological polar surface area (TPSA) is 85.7 Å². The summed E-state index contributed by atoms with van der Waals surface area (Å²) in [5.41, 5.74) is 3.83. The van der Waals surface area contributed by atoms with Crippen molar-refractivity contribution in [3.05, 3.63) is 95.8 Å². The number of fused-ring (bicyclic) bond motifs is 1. The molecule has 2 heterocycles. The summed E-state index contributed by atoms with van der Waals surface area (Å²) in [6.07, 6.45) is 0. The average Bonchev–Trinajstić information content (AvgIpc) is 3.31. The number of halogens is 1. The first-order chi connectivity index (χ1) is 19.5. The zero-order valence-corrected chi connectivity index (χ0v) is 23.0. The molecule has 0 fully saturated rings. The van der Waals surface area contributed by atoms with Crippen LogP contribution in [-0.4, -0.2) is 61.3 Å². The number of hydrogen-bond donors (Lipinski definition) is 1. The van der Waals surface area contributed by atoms with Gasteiger partial charge in [-0.15, -0.1) is 11.8 Å². The predicted octanol–water partition coefficient (Wildman–Crippen LogP) is 4.62. The summed E-state index contributed by atoms with van der Waals surface area (Å²) in [7, 11) is 3.15. The Labute approximate surface area is 236 Å². The van der Waals surface area contributed by atoms with Gasteiger partial charge in [-0.25, -0.2) is 9.07 Å². The van der Waals surface area contributed by atoms with Gasteiger partial charge in [-0.2, -0.15) is 5.10 Å². The molecule has 0 spiro atoms. The number of thioether (sulfide) groups is 1.